The van der Waals surface area contributed by atoms with E-state index in [0.717, 1.165) is 21.4 Å². The van der Waals surface area contributed by atoms with Crippen LogP contribution in [0.3, 0.4) is 0 Å². The van der Waals surface area contributed by atoms with E-state index in [4.69, 9.17) is 23.8 Å². The predicted molar refractivity (Wildman–Crippen MR) is 87.0 cm³/mol. The third-order valence-corrected chi connectivity index (χ3v) is 4.66. The fraction of sp³-hybridized carbons (Fsp3) is 0.533. The van der Waals surface area contributed by atoms with E-state index in [2.05, 4.69) is 24.1 Å². The van der Waals surface area contributed by atoms with E-state index in [-0.39, 0.29) is 0 Å². The molecule has 0 aromatic heterocycles. The molecular formula is C15H21ClN2S. The molecule has 1 aliphatic heterocycles. The Bertz CT molecular complexity index is 465. The molecule has 0 bridgehead atoms. The molecule has 0 amide bonds. The molecule has 1 aliphatic rings. The van der Waals surface area contributed by atoms with Crippen molar-refractivity contribution in [1.82, 2.24) is 4.90 Å². The number of thiocarbonyl (C=S) groups is 1. The van der Waals surface area contributed by atoms with Crippen LogP contribution in [-0.4, -0.2) is 22.1 Å². The highest BCUT2D eigenvalue weighted by molar-refractivity contribution is 7.80. The van der Waals surface area contributed by atoms with Crippen LogP contribution in [0.15, 0.2) is 18.2 Å². The van der Waals surface area contributed by atoms with E-state index in [9.17, 15) is 0 Å². The van der Waals surface area contributed by atoms with Crippen LogP contribution in [0.4, 0.5) is 5.69 Å². The molecule has 2 atom stereocenters. The highest BCUT2D eigenvalue weighted by Crippen LogP contribution is 2.26. The third kappa shape index (κ3) is 3.21. The van der Waals surface area contributed by atoms with Crippen LogP contribution in [-0.2, 0) is 0 Å². The first-order valence-corrected chi connectivity index (χ1v) is 7.63. The van der Waals surface area contributed by atoms with Crippen LogP contribution in [0.25, 0.3) is 0 Å². The van der Waals surface area contributed by atoms with Crippen molar-refractivity contribution in [2.45, 2.75) is 52.1 Å². The van der Waals surface area contributed by atoms with Crippen molar-refractivity contribution in [2.75, 3.05) is 5.32 Å². The van der Waals surface area contributed by atoms with Gasteiger partial charge in [0.2, 0.25) is 0 Å². The molecule has 1 aromatic rings. The second-order valence-electron chi connectivity index (χ2n) is 5.38. The first-order valence-electron chi connectivity index (χ1n) is 6.85. The van der Waals surface area contributed by atoms with Crippen LogP contribution >= 0.6 is 23.8 Å². The molecule has 0 spiro atoms. The summed E-state index contributed by atoms with van der Waals surface area (Å²) in [7, 11) is 0. The Morgan fingerprint density at radius 1 is 1.32 bits per heavy atom. The number of hydrogen-bond acceptors (Lipinski definition) is 1. The van der Waals surface area contributed by atoms with Gasteiger partial charge in [-0.3, -0.25) is 0 Å². The fourth-order valence-electron chi connectivity index (χ4n) is 2.74. The van der Waals surface area contributed by atoms with Crippen LogP contribution < -0.4 is 5.32 Å². The molecule has 1 fully saturated rings. The standard InChI is InChI=1S/C15H21ClN2S/c1-10-6-4-7-11(2)18(10)15(19)17-14-9-5-8-13(16)12(14)3/h5,8-11H,4,6-7H2,1-3H3,(H,17,19)/t10-,11-/m1/s1. The van der Waals surface area contributed by atoms with Crippen LogP contribution in [0.1, 0.15) is 38.7 Å². The third-order valence-electron chi connectivity index (χ3n) is 3.94. The van der Waals surface area contributed by atoms with Gasteiger partial charge in [0.05, 0.1) is 0 Å². The van der Waals surface area contributed by atoms with E-state index in [1.54, 1.807) is 0 Å². The van der Waals surface area contributed by atoms with Gasteiger partial charge in [0.25, 0.3) is 0 Å². The average molecular weight is 297 g/mol. The molecule has 1 N–H and O–H groups in total. The van der Waals surface area contributed by atoms with Gasteiger partial charge in [0.1, 0.15) is 0 Å². The number of benzene rings is 1. The quantitative estimate of drug-likeness (QED) is 0.762. The van der Waals surface area contributed by atoms with Crippen molar-refractivity contribution in [2.24, 2.45) is 0 Å². The highest BCUT2D eigenvalue weighted by atomic mass is 35.5. The number of hydrogen-bond donors (Lipinski definition) is 1. The zero-order chi connectivity index (χ0) is 14.0. The van der Waals surface area contributed by atoms with E-state index in [0.29, 0.717) is 12.1 Å². The van der Waals surface area contributed by atoms with E-state index >= 15 is 0 Å². The maximum absolute atomic E-state index is 6.14. The van der Waals surface area contributed by atoms with Gasteiger partial charge >= 0.3 is 0 Å². The number of nitrogens with one attached hydrogen (secondary N) is 1. The van der Waals surface area contributed by atoms with Crippen LogP contribution in [0.5, 0.6) is 0 Å². The summed E-state index contributed by atoms with van der Waals surface area (Å²) in [5.74, 6) is 0. The monoisotopic (exact) mass is 296 g/mol. The second kappa shape index (κ2) is 6.10. The first kappa shape index (κ1) is 14.6. The van der Waals surface area contributed by atoms with Gasteiger partial charge in [-0.1, -0.05) is 17.7 Å². The number of likely N-dealkylation sites (tertiary alicyclic amines) is 1. The smallest absolute Gasteiger partial charge is 0.173 e. The van der Waals surface area contributed by atoms with E-state index in [1.165, 1.54) is 19.3 Å². The SMILES string of the molecule is Cc1c(Cl)cccc1NC(=S)N1[C@H](C)CCC[C@H]1C. The molecule has 0 aliphatic carbocycles. The predicted octanol–water partition coefficient (Wildman–Crippen LogP) is 4.61. The van der Waals surface area contributed by atoms with Gasteiger partial charge in [0, 0.05) is 22.8 Å². The highest BCUT2D eigenvalue weighted by Gasteiger charge is 2.26. The molecule has 1 aromatic carbocycles. The summed E-state index contributed by atoms with van der Waals surface area (Å²) < 4.78 is 0. The fourth-order valence-corrected chi connectivity index (χ4v) is 3.39. The topological polar surface area (TPSA) is 15.3 Å². The molecule has 104 valence electrons. The minimum absolute atomic E-state index is 0.503. The van der Waals surface area contributed by atoms with Crippen molar-refractivity contribution in [3.8, 4) is 0 Å². The molecule has 2 rings (SSSR count). The van der Waals surface area contributed by atoms with Crippen LogP contribution in [0.2, 0.25) is 5.02 Å². The first-order chi connectivity index (χ1) is 9.00. The molecule has 2 nitrogen and oxygen atoms in total. The zero-order valence-electron chi connectivity index (χ0n) is 11.7. The van der Waals surface area contributed by atoms with Crippen molar-refractivity contribution in [3.63, 3.8) is 0 Å². The van der Waals surface area contributed by atoms with Crippen molar-refractivity contribution < 1.29 is 0 Å². The molecule has 1 saturated heterocycles. The lowest BCUT2D eigenvalue weighted by atomic mass is 9.98. The lowest BCUT2D eigenvalue weighted by molar-refractivity contribution is 0.194. The zero-order valence-corrected chi connectivity index (χ0v) is 13.3. The Hall–Kier alpha value is -0.800. The summed E-state index contributed by atoms with van der Waals surface area (Å²) in [6.07, 6.45) is 3.71. The van der Waals surface area contributed by atoms with Crippen molar-refractivity contribution in [1.29, 1.82) is 0 Å². The maximum Gasteiger partial charge on any atom is 0.173 e. The van der Waals surface area contributed by atoms with Crippen molar-refractivity contribution in [3.05, 3.63) is 28.8 Å². The lowest BCUT2D eigenvalue weighted by Crippen LogP contribution is -2.49. The Kier molecular flexibility index (Phi) is 4.69. The largest absolute Gasteiger partial charge is 0.344 e. The van der Waals surface area contributed by atoms with Gasteiger partial charge in [-0.15, -0.1) is 0 Å². The Balaban J connectivity index is 2.14. The van der Waals surface area contributed by atoms with Gasteiger partial charge in [-0.25, -0.2) is 0 Å². The lowest BCUT2D eigenvalue weighted by Gasteiger charge is -2.41. The Morgan fingerprint density at radius 3 is 2.58 bits per heavy atom. The molecule has 0 saturated carbocycles. The summed E-state index contributed by atoms with van der Waals surface area (Å²) in [6, 6.07) is 6.87. The van der Waals surface area contributed by atoms with Gasteiger partial charge in [-0.2, -0.15) is 0 Å². The van der Waals surface area contributed by atoms with Crippen LogP contribution in [0, 0.1) is 6.92 Å². The number of rotatable bonds is 1. The molecule has 0 unspecified atom stereocenters. The maximum atomic E-state index is 6.14. The minimum atomic E-state index is 0.503. The van der Waals surface area contributed by atoms with Gasteiger partial charge in [0.15, 0.2) is 5.11 Å². The Labute approximate surface area is 126 Å². The average Bonchev–Trinajstić information content (AvgIpc) is 2.35. The number of anilines is 1. The summed E-state index contributed by atoms with van der Waals surface area (Å²) in [5, 5.41) is 4.94. The number of nitrogens with zero attached hydrogens (tertiary/aromatic N) is 1. The molecule has 4 heteroatoms. The summed E-state index contributed by atoms with van der Waals surface area (Å²) >= 11 is 11.7. The summed E-state index contributed by atoms with van der Waals surface area (Å²) in [6.45, 7) is 6.50. The van der Waals surface area contributed by atoms with E-state index in [1.807, 2.05) is 25.1 Å². The van der Waals surface area contributed by atoms with Crippen molar-refractivity contribution >= 4 is 34.6 Å². The van der Waals surface area contributed by atoms with E-state index < -0.39 is 0 Å². The Morgan fingerprint density at radius 2 is 1.95 bits per heavy atom. The van der Waals surface area contributed by atoms with Gasteiger partial charge in [-0.05, 0) is 69.9 Å². The molecule has 0 radical (unpaired) electrons. The minimum Gasteiger partial charge on any atom is -0.344 e. The molecule has 1 heterocycles. The number of piperidine rings is 1. The summed E-state index contributed by atoms with van der Waals surface area (Å²) in [5.41, 5.74) is 2.05. The van der Waals surface area contributed by atoms with Gasteiger partial charge < -0.3 is 10.2 Å². The molecular weight excluding hydrogens is 276 g/mol. The summed E-state index contributed by atoms with van der Waals surface area (Å²) in [4.78, 5) is 2.32. The normalized spacial score (nSPS) is 23.3. The number of halogens is 1. The second-order valence-corrected chi connectivity index (χ2v) is 6.17. The molecule has 19 heavy (non-hydrogen) atoms.